The average molecular weight is 295 g/mol. The number of halogens is 1. The number of carbonyl (C=O) groups excluding carboxylic acids is 3. The SMILES string of the molecule is CC1=C[C@H](C(N)=O)N2C[C@@H]1N(O[C@H](F)C(=O)[O-])C2=O.[Na+]. The molecule has 0 radical (unpaired) electrons. The minimum atomic E-state index is -2.76. The fourth-order valence-electron chi connectivity index (χ4n) is 2.11. The van der Waals surface area contributed by atoms with Gasteiger partial charge in [-0.25, -0.2) is 14.0 Å². The van der Waals surface area contributed by atoms with Gasteiger partial charge in [0, 0.05) is 0 Å². The summed E-state index contributed by atoms with van der Waals surface area (Å²) in [5.74, 6) is -2.82. The second-order valence-corrected chi connectivity index (χ2v) is 4.27. The molecule has 0 aromatic carbocycles. The fraction of sp³-hybridized carbons (Fsp3) is 0.500. The summed E-state index contributed by atoms with van der Waals surface area (Å²) in [6.45, 7) is 1.69. The van der Waals surface area contributed by atoms with Crippen molar-refractivity contribution < 1.29 is 58.3 Å². The number of primary amides is 1. The van der Waals surface area contributed by atoms with Gasteiger partial charge in [0.25, 0.3) is 6.36 Å². The number of hydrogen-bond donors (Lipinski definition) is 1. The van der Waals surface area contributed by atoms with Crippen LogP contribution in [0.1, 0.15) is 6.92 Å². The van der Waals surface area contributed by atoms with Crippen molar-refractivity contribution in [2.75, 3.05) is 6.54 Å². The summed E-state index contributed by atoms with van der Waals surface area (Å²) in [6.07, 6.45) is -1.30. The maximum absolute atomic E-state index is 13.0. The van der Waals surface area contributed by atoms with E-state index in [0.29, 0.717) is 10.6 Å². The molecule has 0 aromatic rings. The molecule has 0 spiro atoms. The number of hydrogen-bond acceptors (Lipinski definition) is 5. The van der Waals surface area contributed by atoms with Crippen molar-refractivity contribution in [1.29, 1.82) is 0 Å². The Bertz CT molecular complexity index is 486. The topological polar surface area (TPSA) is 116 Å². The van der Waals surface area contributed by atoms with Crippen LogP contribution in [-0.4, -0.2) is 52.9 Å². The molecule has 0 saturated carbocycles. The van der Waals surface area contributed by atoms with Crippen molar-refractivity contribution in [2.24, 2.45) is 5.73 Å². The molecule has 1 fully saturated rings. The molecule has 2 heterocycles. The Kier molecular flexibility index (Phi) is 5.14. The van der Waals surface area contributed by atoms with E-state index < -0.39 is 36.3 Å². The van der Waals surface area contributed by atoms with Crippen LogP contribution in [0, 0.1) is 0 Å². The van der Waals surface area contributed by atoms with E-state index >= 15 is 0 Å². The van der Waals surface area contributed by atoms with Crippen LogP contribution in [0.2, 0.25) is 0 Å². The zero-order valence-corrected chi connectivity index (χ0v) is 12.9. The molecule has 2 aliphatic heterocycles. The number of carboxylic acid groups (broad SMARTS) is 1. The van der Waals surface area contributed by atoms with E-state index in [1.54, 1.807) is 6.92 Å². The number of carbonyl (C=O) groups is 3. The summed E-state index contributed by atoms with van der Waals surface area (Å²) >= 11 is 0. The molecule has 0 aliphatic carbocycles. The molecule has 20 heavy (non-hydrogen) atoms. The smallest absolute Gasteiger partial charge is 0.544 e. The minimum absolute atomic E-state index is 0. The number of amides is 3. The van der Waals surface area contributed by atoms with Crippen LogP contribution in [-0.2, 0) is 14.4 Å². The number of fused-ring (bicyclic) bond motifs is 2. The number of hydroxylamine groups is 2. The van der Waals surface area contributed by atoms with Gasteiger partial charge in [-0.15, -0.1) is 0 Å². The molecule has 3 atom stereocenters. The fourth-order valence-corrected chi connectivity index (χ4v) is 2.11. The first kappa shape index (κ1) is 16.9. The maximum atomic E-state index is 13.0. The minimum Gasteiger partial charge on any atom is -0.544 e. The molecular weight excluding hydrogens is 284 g/mol. The molecule has 2 rings (SSSR count). The van der Waals surface area contributed by atoms with Crippen LogP contribution < -0.4 is 40.4 Å². The Morgan fingerprint density at radius 2 is 2.20 bits per heavy atom. The Balaban J connectivity index is 0.00000200. The molecule has 3 amide bonds. The van der Waals surface area contributed by atoms with Crippen LogP contribution in [0.3, 0.4) is 0 Å². The molecule has 10 heteroatoms. The molecule has 104 valence electrons. The summed E-state index contributed by atoms with van der Waals surface area (Å²) in [4.78, 5) is 38.9. The molecule has 0 unspecified atom stereocenters. The van der Waals surface area contributed by atoms with Gasteiger partial charge in [-0.1, -0.05) is 6.08 Å². The largest absolute Gasteiger partial charge is 1.00 e. The first-order valence-corrected chi connectivity index (χ1v) is 5.42. The second-order valence-electron chi connectivity index (χ2n) is 4.27. The number of nitrogens with two attached hydrogens (primary N) is 1. The van der Waals surface area contributed by atoms with E-state index in [9.17, 15) is 23.9 Å². The van der Waals surface area contributed by atoms with E-state index in [4.69, 9.17) is 5.73 Å². The zero-order valence-electron chi connectivity index (χ0n) is 10.9. The summed E-state index contributed by atoms with van der Waals surface area (Å²) in [5.41, 5.74) is 5.72. The van der Waals surface area contributed by atoms with E-state index in [1.807, 2.05) is 0 Å². The van der Waals surface area contributed by atoms with Crippen LogP contribution in [0.4, 0.5) is 9.18 Å². The number of aliphatic carboxylic acids is 1. The Hall–Kier alpha value is -1.16. The third-order valence-corrected chi connectivity index (χ3v) is 3.05. The van der Waals surface area contributed by atoms with Gasteiger partial charge < -0.3 is 20.5 Å². The zero-order chi connectivity index (χ0) is 14.3. The van der Waals surface area contributed by atoms with E-state index in [0.717, 1.165) is 4.90 Å². The number of alkyl halides is 1. The first-order chi connectivity index (χ1) is 8.82. The maximum Gasteiger partial charge on any atom is 1.00 e. The van der Waals surface area contributed by atoms with Crippen molar-refractivity contribution in [1.82, 2.24) is 9.96 Å². The van der Waals surface area contributed by atoms with Crippen molar-refractivity contribution in [3.05, 3.63) is 11.6 Å². The van der Waals surface area contributed by atoms with Crippen LogP contribution in [0.25, 0.3) is 0 Å². The first-order valence-electron chi connectivity index (χ1n) is 5.42. The molecule has 2 aliphatic rings. The van der Waals surface area contributed by atoms with Crippen LogP contribution in [0.5, 0.6) is 0 Å². The number of urea groups is 1. The van der Waals surface area contributed by atoms with Gasteiger partial charge in [0.1, 0.15) is 18.1 Å². The molecular formula is C10H11FN3NaO5. The molecule has 2 bridgehead atoms. The number of nitrogens with zero attached hydrogens (tertiary/aromatic N) is 2. The standard InChI is InChI=1S/C10H12FN3O5.Na/c1-4-2-5(8(12)15)13-3-6(4)14(10(13)18)19-7(11)9(16)17;/h2,5-7H,3H2,1H3,(H2,12,15)(H,16,17);/q;+1/p-1/t5-,6+,7+;/m1./s1. The molecule has 1 saturated heterocycles. The quantitative estimate of drug-likeness (QED) is 0.411. The average Bonchev–Trinajstić information content (AvgIpc) is 2.60. The summed E-state index contributed by atoms with van der Waals surface area (Å²) < 4.78 is 13.0. The second kappa shape index (κ2) is 6.08. The third-order valence-electron chi connectivity index (χ3n) is 3.05. The third kappa shape index (κ3) is 2.80. The summed E-state index contributed by atoms with van der Waals surface area (Å²) in [7, 11) is 0. The number of rotatable bonds is 4. The predicted molar refractivity (Wildman–Crippen MR) is 55.5 cm³/mol. The van der Waals surface area contributed by atoms with E-state index in [2.05, 4.69) is 4.84 Å². The van der Waals surface area contributed by atoms with Crippen molar-refractivity contribution in [2.45, 2.75) is 25.4 Å². The van der Waals surface area contributed by atoms with Crippen LogP contribution in [0.15, 0.2) is 11.6 Å². The monoisotopic (exact) mass is 295 g/mol. The van der Waals surface area contributed by atoms with Gasteiger partial charge in [-0.05, 0) is 12.5 Å². The summed E-state index contributed by atoms with van der Waals surface area (Å²) in [6, 6.07) is -2.41. The molecule has 2 N–H and O–H groups in total. The van der Waals surface area contributed by atoms with E-state index in [-0.39, 0.29) is 36.1 Å². The summed E-state index contributed by atoms with van der Waals surface area (Å²) in [5, 5.41) is 10.9. The molecule has 0 aromatic heterocycles. The van der Waals surface area contributed by atoms with Crippen molar-refractivity contribution in [3.8, 4) is 0 Å². The van der Waals surface area contributed by atoms with E-state index in [1.165, 1.54) is 6.08 Å². The predicted octanol–water partition coefficient (Wildman–Crippen LogP) is -5.11. The van der Waals surface area contributed by atoms with Gasteiger partial charge >= 0.3 is 35.6 Å². The van der Waals surface area contributed by atoms with Gasteiger partial charge in [0.2, 0.25) is 5.91 Å². The number of carboxylic acids is 1. The van der Waals surface area contributed by atoms with Gasteiger partial charge in [-0.2, -0.15) is 5.06 Å². The van der Waals surface area contributed by atoms with Gasteiger partial charge in [-0.3, -0.25) is 4.79 Å². The van der Waals surface area contributed by atoms with Crippen LogP contribution >= 0.6 is 0 Å². The van der Waals surface area contributed by atoms with Crippen molar-refractivity contribution in [3.63, 3.8) is 0 Å². The van der Waals surface area contributed by atoms with Gasteiger partial charge in [0.05, 0.1) is 6.54 Å². The Morgan fingerprint density at radius 1 is 1.60 bits per heavy atom. The Labute approximate surface area is 135 Å². The normalized spacial score (nSPS) is 25.9. The van der Waals surface area contributed by atoms with Crippen molar-refractivity contribution >= 4 is 17.9 Å². The molecule has 8 nitrogen and oxygen atoms in total. The Morgan fingerprint density at radius 3 is 2.70 bits per heavy atom. The van der Waals surface area contributed by atoms with Gasteiger partial charge in [0.15, 0.2) is 0 Å².